The third kappa shape index (κ3) is 6.47. The minimum atomic E-state index is -0.909. The lowest BCUT2D eigenvalue weighted by atomic mass is 9.95. The number of halogens is 1. The van der Waals surface area contributed by atoms with Gasteiger partial charge in [0.05, 0.1) is 37.0 Å². The van der Waals surface area contributed by atoms with Crippen LogP contribution in [-0.4, -0.2) is 60.6 Å². The van der Waals surface area contributed by atoms with Crippen molar-refractivity contribution >= 4 is 34.8 Å². The molecule has 4 heterocycles. The van der Waals surface area contributed by atoms with Gasteiger partial charge in [-0.3, -0.25) is 19.0 Å². The van der Waals surface area contributed by atoms with Crippen LogP contribution in [0.25, 0.3) is 11.1 Å². The highest BCUT2D eigenvalue weighted by Gasteiger charge is 2.29. The van der Waals surface area contributed by atoms with E-state index < -0.39 is 17.5 Å². The van der Waals surface area contributed by atoms with Gasteiger partial charge in [-0.2, -0.15) is 0 Å². The number of hydrogen-bond acceptors (Lipinski definition) is 8. The number of aromatic nitrogens is 2. The summed E-state index contributed by atoms with van der Waals surface area (Å²) < 4.78 is 13.1. The Kier molecular flexibility index (Phi) is 9.19. The highest BCUT2D eigenvalue weighted by molar-refractivity contribution is 6.31. The van der Waals surface area contributed by atoms with E-state index >= 15 is 0 Å². The molecule has 220 valence electrons. The lowest BCUT2D eigenvalue weighted by molar-refractivity contribution is -0.121. The first-order valence-corrected chi connectivity index (χ1v) is 14.2. The van der Waals surface area contributed by atoms with E-state index in [2.05, 4.69) is 20.8 Å². The van der Waals surface area contributed by atoms with Gasteiger partial charge >= 0.3 is 0 Å². The fraction of sp³-hybridized carbons (Fsp3) is 0.367. The molecule has 0 bridgehead atoms. The molecule has 2 atom stereocenters. The number of ether oxygens (including phenoxy) is 2. The van der Waals surface area contributed by atoms with Crippen LogP contribution in [0.5, 0.6) is 5.75 Å². The Morgan fingerprint density at radius 1 is 1.14 bits per heavy atom. The van der Waals surface area contributed by atoms with Crippen molar-refractivity contribution < 1.29 is 23.9 Å². The topological polar surface area (TPSA) is 133 Å². The van der Waals surface area contributed by atoms with Crippen molar-refractivity contribution in [3.8, 4) is 16.9 Å². The Morgan fingerprint density at radius 2 is 2.00 bits per heavy atom. The minimum Gasteiger partial charge on any atom is -0.495 e. The van der Waals surface area contributed by atoms with Crippen molar-refractivity contribution in [2.24, 2.45) is 5.16 Å². The molecule has 1 saturated heterocycles. The van der Waals surface area contributed by atoms with Crippen molar-refractivity contribution in [3.05, 3.63) is 75.4 Å². The standard InChI is InChI=1S/C30H32ClN5O6/c1-32-29(38)25-9-7-19(16-33-25)34-30(39)26(14-20-5-3-4-11-41-20)36-17-27(40-2)23(15-28(36)37)22-13-18(31)6-8-21(22)24-10-12-42-35-24/h6-9,13,15-17,20,26H,3-5,10-12,14H2,1-2H3,(H,32,38)(H,34,39). The largest absolute Gasteiger partial charge is 0.495 e. The zero-order valence-electron chi connectivity index (χ0n) is 23.4. The van der Waals surface area contributed by atoms with Crippen LogP contribution >= 0.6 is 11.6 Å². The van der Waals surface area contributed by atoms with Crippen molar-refractivity contribution in [2.45, 2.75) is 44.2 Å². The number of rotatable bonds is 9. The molecule has 2 amide bonds. The molecule has 0 radical (unpaired) electrons. The number of benzene rings is 1. The first kappa shape index (κ1) is 29.3. The van der Waals surface area contributed by atoms with Crippen molar-refractivity contribution in [1.29, 1.82) is 0 Å². The zero-order valence-corrected chi connectivity index (χ0v) is 24.1. The number of nitrogens with zero attached hydrogens (tertiary/aromatic N) is 3. The maximum absolute atomic E-state index is 13.7. The summed E-state index contributed by atoms with van der Waals surface area (Å²) in [6, 6.07) is 9.01. The summed E-state index contributed by atoms with van der Waals surface area (Å²) in [6.07, 6.45) is 6.39. The number of hydrogen-bond donors (Lipinski definition) is 2. The summed E-state index contributed by atoms with van der Waals surface area (Å²) in [7, 11) is 3.02. The van der Waals surface area contributed by atoms with Gasteiger partial charge < -0.3 is 24.9 Å². The number of oxime groups is 1. The molecule has 11 nitrogen and oxygen atoms in total. The smallest absolute Gasteiger partial charge is 0.269 e. The van der Waals surface area contributed by atoms with Crippen LogP contribution in [-0.2, 0) is 14.4 Å². The van der Waals surface area contributed by atoms with Crippen LogP contribution in [0.1, 0.15) is 54.2 Å². The number of pyridine rings is 2. The normalized spacial score (nSPS) is 17.1. The van der Waals surface area contributed by atoms with Gasteiger partial charge in [0.15, 0.2) is 0 Å². The van der Waals surface area contributed by atoms with Crippen LogP contribution in [0.2, 0.25) is 5.02 Å². The van der Waals surface area contributed by atoms with Gasteiger partial charge in [0, 0.05) is 48.7 Å². The number of amides is 2. The fourth-order valence-corrected chi connectivity index (χ4v) is 5.35. The quantitative estimate of drug-likeness (QED) is 0.380. The number of carbonyl (C=O) groups excluding carboxylic acids is 2. The summed E-state index contributed by atoms with van der Waals surface area (Å²) in [5, 5.41) is 9.99. The molecular weight excluding hydrogens is 562 g/mol. The van der Waals surface area contributed by atoms with Gasteiger partial charge in [-0.05, 0) is 49.1 Å². The summed E-state index contributed by atoms with van der Waals surface area (Å²) in [5.41, 5.74) is 2.93. The van der Waals surface area contributed by atoms with Crippen molar-refractivity contribution in [2.75, 3.05) is 32.7 Å². The number of methoxy groups -OCH3 is 1. The van der Waals surface area contributed by atoms with Crippen LogP contribution < -0.4 is 20.9 Å². The zero-order chi connectivity index (χ0) is 29.6. The van der Waals surface area contributed by atoms with Crippen LogP contribution in [0, 0.1) is 0 Å². The Morgan fingerprint density at radius 3 is 2.67 bits per heavy atom. The monoisotopic (exact) mass is 593 g/mol. The second kappa shape index (κ2) is 13.2. The second-order valence-corrected chi connectivity index (χ2v) is 10.5. The summed E-state index contributed by atoms with van der Waals surface area (Å²) in [5.74, 6) is -0.373. The molecule has 12 heteroatoms. The lowest BCUT2D eigenvalue weighted by Crippen LogP contribution is -2.36. The molecule has 2 N–H and O–H groups in total. The predicted octanol–water partition coefficient (Wildman–Crippen LogP) is 4.20. The SMILES string of the molecule is CNC(=O)c1ccc(NC(=O)C(CC2CCCCO2)n2cc(OC)c(-c3cc(Cl)ccc3C3=NOCC3)cc2=O)cn1. The van der Waals surface area contributed by atoms with E-state index in [0.29, 0.717) is 47.2 Å². The maximum Gasteiger partial charge on any atom is 0.269 e. The van der Waals surface area contributed by atoms with E-state index in [4.69, 9.17) is 25.9 Å². The van der Waals surface area contributed by atoms with Gasteiger partial charge in [0.1, 0.15) is 24.1 Å². The average molecular weight is 594 g/mol. The summed E-state index contributed by atoms with van der Waals surface area (Å²) in [4.78, 5) is 48.6. The van der Waals surface area contributed by atoms with E-state index in [1.165, 1.54) is 37.1 Å². The van der Waals surface area contributed by atoms with Crippen molar-refractivity contribution in [1.82, 2.24) is 14.9 Å². The molecule has 0 saturated carbocycles. The van der Waals surface area contributed by atoms with E-state index in [1.807, 2.05) is 6.07 Å². The van der Waals surface area contributed by atoms with Gasteiger partial charge in [0.25, 0.3) is 11.5 Å². The third-order valence-corrected chi connectivity index (χ3v) is 7.58. The van der Waals surface area contributed by atoms with Gasteiger partial charge in [-0.1, -0.05) is 22.8 Å². The molecule has 42 heavy (non-hydrogen) atoms. The van der Waals surface area contributed by atoms with E-state index in [0.717, 1.165) is 30.5 Å². The molecule has 2 aromatic heterocycles. The maximum atomic E-state index is 13.7. The Balaban J connectivity index is 1.52. The molecular formula is C30H32ClN5O6. The molecule has 3 aromatic rings. The van der Waals surface area contributed by atoms with Gasteiger partial charge in [0.2, 0.25) is 5.91 Å². The first-order valence-electron chi connectivity index (χ1n) is 13.8. The number of nitrogens with one attached hydrogen (secondary N) is 2. The predicted molar refractivity (Wildman–Crippen MR) is 158 cm³/mol. The first-order chi connectivity index (χ1) is 20.4. The molecule has 5 rings (SSSR count). The highest BCUT2D eigenvalue weighted by atomic mass is 35.5. The minimum absolute atomic E-state index is 0.194. The Bertz CT molecular complexity index is 1550. The molecule has 2 aliphatic rings. The fourth-order valence-electron chi connectivity index (χ4n) is 5.18. The van der Waals surface area contributed by atoms with Crippen LogP contribution in [0.4, 0.5) is 5.69 Å². The lowest BCUT2D eigenvalue weighted by Gasteiger charge is -2.28. The molecule has 2 aliphatic heterocycles. The number of carbonyl (C=O) groups is 2. The molecule has 0 spiro atoms. The second-order valence-electron chi connectivity index (χ2n) is 10.1. The summed E-state index contributed by atoms with van der Waals surface area (Å²) in [6.45, 7) is 1.08. The van der Waals surface area contributed by atoms with Crippen LogP contribution in [0.15, 0.2) is 58.7 Å². The van der Waals surface area contributed by atoms with Crippen molar-refractivity contribution in [3.63, 3.8) is 0 Å². The van der Waals surface area contributed by atoms with Crippen LogP contribution in [0.3, 0.4) is 0 Å². The summed E-state index contributed by atoms with van der Waals surface area (Å²) >= 11 is 6.36. The molecule has 2 unspecified atom stereocenters. The average Bonchev–Trinajstić information content (AvgIpc) is 3.55. The highest BCUT2D eigenvalue weighted by Crippen LogP contribution is 2.35. The Hall–Kier alpha value is -4.22. The van der Waals surface area contributed by atoms with E-state index in [9.17, 15) is 14.4 Å². The molecule has 0 aliphatic carbocycles. The van der Waals surface area contributed by atoms with E-state index in [-0.39, 0.29) is 24.1 Å². The Labute approximate surface area is 247 Å². The number of anilines is 1. The van der Waals surface area contributed by atoms with E-state index in [1.54, 1.807) is 24.4 Å². The molecule has 1 aromatic carbocycles. The van der Waals surface area contributed by atoms with Gasteiger partial charge in [-0.25, -0.2) is 4.98 Å². The third-order valence-electron chi connectivity index (χ3n) is 7.34. The molecule has 1 fully saturated rings. The van der Waals surface area contributed by atoms with Gasteiger partial charge in [-0.15, -0.1) is 0 Å².